The molecule has 0 aliphatic carbocycles. The summed E-state index contributed by atoms with van der Waals surface area (Å²) in [5, 5.41) is 13.9. The minimum Gasteiger partial charge on any atom is -0.481 e. The molecule has 0 aliphatic rings. The van der Waals surface area contributed by atoms with Crippen molar-refractivity contribution in [2.24, 2.45) is 0 Å². The zero-order valence-corrected chi connectivity index (χ0v) is 11.7. The van der Waals surface area contributed by atoms with Gasteiger partial charge in [-0.1, -0.05) is 15.9 Å². The Morgan fingerprint density at radius 1 is 1.28 bits per heavy atom. The highest BCUT2D eigenvalue weighted by Gasteiger charge is 2.23. The van der Waals surface area contributed by atoms with Crippen molar-refractivity contribution in [2.45, 2.75) is 25.8 Å². The fourth-order valence-electron chi connectivity index (χ4n) is 1.43. The third-order valence-electron chi connectivity index (χ3n) is 2.15. The number of urea groups is 1. The first kappa shape index (κ1) is 14.5. The van der Waals surface area contributed by atoms with Gasteiger partial charge in [0.05, 0.1) is 6.42 Å². The number of carboxylic acids is 1. The predicted octanol–water partition coefficient (Wildman–Crippen LogP) is 2.82. The zero-order valence-electron chi connectivity index (χ0n) is 10.2. The molecule has 0 spiro atoms. The lowest BCUT2D eigenvalue weighted by molar-refractivity contribution is -0.138. The van der Waals surface area contributed by atoms with Crippen molar-refractivity contribution in [2.75, 3.05) is 5.32 Å². The number of nitrogens with one attached hydrogen (secondary N) is 2. The van der Waals surface area contributed by atoms with Crippen LogP contribution in [0.25, 0.3) is 0 Å². The van der Waals surface area contributed by atoms with Crippen LogP contribution in [0.1, 0.15) is 20.3 Å². The van der Waals surface area contributed by atoms with Crippen molar-refractivity contribution in [1.82, 2.24) is 5.32 Å². The van der Waals surface area contributed by atoms with Crippen molar-refractivity contribution in [3.05, 3.63) is 28.7 Å². The minimum atomic E-state index is -0.955. The number of hydrogen-bond donors (Lipinski definition) is 3. The predicted molar refractivity (Wildman–Crippen MR) is 72.6 cm³/mol. The normalized spacial score (nSPS) is 10.8. The molecule has 0 bridgehead atoms. The third-order valence-corrected chi connectivity index (χ3v) is 2.68. The minimum absolute atomic E-state index is 0.138. The molecule has 1 aromatic carbocycles. The Bertz CT molecular complexity index is 443. The van der Waals surface area contributed by atoms with E-state index in [-0.39, 0.29) is 6.42 Å². The standard InChI is InChI=1S/C12H15BrN2O3/c1-12(2,7-10(16)17)15-11(18)14-9-5-3-8(13)4-6-9/h3-6H,7H2,1-2H3,(H,16,17)(H2,14,15,18). The molecule has 1 aromatic rings. The van der Waals surface area contributed by atoms with Crippen LogP contribution in [0.4, 0.5) is 10.5 Å². The van der Waals surface area contributed by atoms with Gasteiger partial charge in [0, 0.05) is 15.7 Å². The maximum atomic E-state index is 11.7. The van der Waals surface area contributed by atoms with Crippen molar-refractivity contribution in [1.29, 1.82) is 0 Å². The molecule has 6 heteroatoms. The van der Waals surface area contributed by atoms with E-state index in [4.69, 9.17) is 5.11 Å². The molecule has 0 atom stereocenters. The maximum absolute atomic E-state index is 11.7. The molecular weight excluding hydrogens is 300 g/mol. The van der Waals surface area contributed by atoms with E-state index in [9.17, 15) is 9.59 Å². The highest BCUT2D eigenvalue weighted by Crippen LogP contribution is 2.14. The maximum Gasteiger partial charge on any atom is 0.319 e. The Labute approximate surface area is 114 Å². The second kappa shape index (κ2) is 5.86. The number of rotatable bonds is 4. The lowest BCUT2D eigenvalue weighted by Crippen LogP contribution is -2.46. The fourth-order valence-corrected chi connectivity index (χ4v) is 1.69. The number of aliphatic carboxylic acids is 1. The van der Waals surface area contributed by atoms with Gasteiger partial charge in [0.15, 0.2) is 0 Å². The van der Waals surface area contributed by atoms with E-state index in [0.717, 1.165) is 4.47 Å². The highest BCUT2D eigenvalue weighted by molar-refractivity contribution is 9.10. The summed E-state index contributed by atoms with van der Waals surface area (Å²) in [6.07, 6.45) is -0.138. The van der Waals surface area contributed by atoms with Crippen LogP contribution in [-0.4, -0.2) is 22.6 Å². The van der Waals surface area contributed by atoms with Gasteiger partial charge in [0.1, 0.15) is 0 Å². The van der Waals surface area contributed by atoms with Crippen molar-refractivity contribution < 1.29 is 14.7 Å². The second-order valence-electron chi connectivity index (χ2n) is 4.54. The summed E-state index contributed by atoms with van der Waals surface area (Å²) < 4.78 is 0.916. The average molecular weight is 315 g/mol. The molecule has 0 heterocycles. The Morgan fingerprint density at radius 3 is 2.33 bits per heavy atom. The quantitative estimate of drug-likeness (QED) is 0.799. The number of carbonyl (C=O) groups is 2. The number of carboxylic acid groups (broad SMARTS) is 1. The molecule has 0 aromatic heterocycles. The number of halogens is 1. The van der Waals surface area contributed by atoms with E-state index >= 15 is 0 Å². The number of carbonyl (C=O) groups excluding carboxylic acids is 1. The van der Waals surface area contributed by atoms with Crippen LogP contribution in [0, 0.1) is 0 Å². The molecule has 18 heavy (non-hydrogen) atoms. The summed E-state index contributed by atoms with van der Waals surface area (Å²) in [6.45, 7) is 3.31. The van der Waals surface area contributed by atoms with Crippen LogP contribution < -0.4 is 10.6 Å². The summed E-state index contributed by atoms with van der Waals surface area (Å²) in [7, 11) is 0. The van der Waals surface area contributed by atoms with Gasteiger partial charge in [0.2, 0.25) is 0 Å². The molecule has 98 valence electrons. The van der Waals surface area contributed by atoms with E-state index in [2.05, 4.69) is 26.6 Å². The van der Waals surface area contributed by atoms with E-state index in [1.165, 1.54) is 0 Å². The van der Waals surface area contributed by atoms with Crippen molar-refractivity contribution in [3.8, 4) is 0 Å². The van der Waals surface area contributed by atoms with E-state index in [1.807, 2.05) is 0 Å². The van der Waals surface area contributed by atoms with Gasteiger partial charge >= 0.3 is 12.0 Å². The van der Waals surface area contributed by atoms with Crippen LogP contribution in [0.15, 0.2) is 28.7 Å². The molecule has 0 fully saturated rings. The first-order chi connectivity index (χ1) is 8.28. The number of amides is 2. The van der Waals surface area contributed by atoms with Crippen LogP contribution in [0.2, 0.25) is 0 Å². The highest BCUT2D eigenvalue weighted by atomic mass is 79.9. The van der Waals surface area contributed by atoms with Gasteiger partial charge in [-0.2, -0.15) is 0 Å². The lowest BCUT2D eigenvalue weighted by Gasteiger charge is -2.24. The molecule has 0 saturated carbocycles. The van der Waals surface area contributed by atoms with Gasteiger partial charge in [-0.3, -0.25) is 4.79 Å². The number of benzene rings is 1. The summed E-state index contributed by atoms with van der Waals surface area (Å²) in [5.41, 5.74) is -0.160. The van der Waals surface area contributed by atoms with Gasteiger partial charge < -0.3 is 15.7 Å². The summed E-state index contributed by atoms with van der Waals surface area (Å²) in [6, 6.07) is 6.67. The van der Waals surface area contributed by atoms with E-state index < -0.39 is 17.5 Å². The third kappa shape index (κ3) is 5.18. The Morgan fingerprint density at radius 2 is 1.83 bits per heavy atom. The van der Waals surface area contributed by atoms with Crippen LogP contribution in [0.5, 0.6) is 0 Å². The average Bonchev–Trinajstić information content (AvgIpc) is 2.18. The van der Waals surface area contributed by atoms with Crippen molar-refractivity contribution >= 4 is 33.6 Å². The molecule has 2 amide bonds. The van der Waals surface area contributed by atoms with Gasteiger partial charge in [-0.25, -0.2) is 4.79 Å². The monoisotopic (exact) mass is 314 g/mol. The molecular formula is C12H15BrN2O3. The zero-order chi connectivity index (χ0) is 13.8. The fraction of sp³-hybridized carbons (Fsp3) is 0.333. The molecule has 0 saturated heterocycles. The van der Waals surface area contributed by atoms with E-state index in [0.29, 0.717) is 5.69 Å². The molecule has 3 N–H and O–H groups in total. The van der Waals surface area contributed by atoms with Crippen LogP contribution in [0.3, 0.4) is 0 Å². The van der Waals surface area contributed by atoms with Crippen molar-refractivity contribution in [3.63, 3.8) is 0 Å². The summed E-state index contributed by atoms with van der Waals surface area (Å²) in [5.74, 6) is -0.955. The summed E-state index contributed by atoms with van der Waals surface area (Å²) in [4.78, 5) is 22.3. The SMILES string of the molecule is CC(C)(CC(=O)O)NC(=O)Nc1ccc(Br)cc1. The molecule has 0 radical (unpaired) electrons. The summed E-state index contributed by atoms with van der Waals surface area (Å²) >= 11 is 3.29. The Balaban J connectivity index is 2.56. The van der Waals surface area contributed by atoms with Gasteiger partial charge in [-0.15, -0.1) is 0 Å². The van der Waals surface area contributed by atoms with E-state index in [1.54, 1.807) is 38.1 Å². The smallest absolute Gasteiger partial charge is 0.319 e. The number of anilines is 1. The van der Waals surface area contributed by atoms with Crippen LogP contribution in [-0.2, 0) is 4.79 Å². The lowest BCUT2D eigenvalue weighted by atomic mass is 10.0. The molecule has 0 aliphatic heterocycles. The Hall–Kier alpha value is -1.56. The first-order valence-electron chi connectivity index (χ1n) is 5.35. The van der Waals surface area contributed by atoms with Crippen LogP contribution >= 0.6 is 15.9 Å². The Kier molecular flexibility index (Phi) is 4.72. The van der Waals surface area contributed by atoms with Gasteiger partial charge in [0.25, 0.3) is 0 Å². The van der Waals surface area contributed by atoms with Gasteiger partial charge in [-0.05, 0) is 38.1 Å². The largest absolute Gasteiger partial charge is 0.481 e. The topological polar surface area (TPSA) is 78.4 Å². The molecule has 0 unspecified atom stereocenters. The second-order valence-corrected chi connectivity index (χ2v) is 5.46. The first-order valence-corrected chi connectivity index (χ1v) is 6.14. The number of hydrogen-bond acceptors (Lipinski definition) is 2. The molecule has 1 rings (SSSR count). The molecule has 5 nitrogen and oxygen atoms in total.